The first kappa shape index (κ1) is 19.7. The topological polar surface area (TPSA) is 63.6 Å². The van der Waals surface area contributed by atoms with Crippen molar-refractivity contribution < 1.29 is 19.4 Å². The maximum Gasteiger partial charge on any atom is 0.334 e. The summed E-state index contributed by atoms with van der Waals surface area (Å²) in [6.07, 6.45) is 7.49. The van der Waals surface area contributed by atoms with Crippen molar-refractivity contribution in [1.29, 1.82) is 0 Å². The van der Waals surface area contributed by atoms with Crippen molar-refractivity contribution in [3.05, 3.63) is 12.2 Å². The van der Waals surface area contributed by atoms with E-state index in [0.717, 1.165) is 19.3 Å². The standard InChI is InChI=1S/C17H30O4/c1-5-6-7-8-9-10-11-15(13(2)3)21-17(20)14(4)12-16(18)19/h13,15H,4-12H2,1-3H3,(H,18,19). The molecule has 0 aliphatic rings. The molecule has 21 heavy (non-hydrogen) atoms. The smallest absolute Gasteiger partial charge is 0.334 e. The first-order valence-electron chi connectivity index (χ1n) is 7.99. The summed E-state index contributed by atoms with van der Waals surface area (Å²) in [7, 11) is 0. The molecule has 0 aromatic rings. The van der Waals surface area contributed by atoms with E-state index in [9.17, 15) is 9.59 Å². The molecular formula is C17H30O4. The summed E-state index contributed by atoms with van der Waals surface area (Å²) < 4.78 is 5.40. The Balaban J connectivity index is 4.09. The lowest BCUT2D eigenvalue weighted by atomic mass is 9.99. The third kappa shape index (κ3) is 10.1. The van der Waals surface area contributed by atoms with Gasteiger partial charge in [0.2, 0.25) is 0 Å². The van der Waals surface area contributed by atoms with Crippen molar-refractivity contribution in [2.75, 3.05) is 0 Å². The molecule has 0 spiro atoms. The number of ether oxygens (including phenoxy) is 1. The van der Waals surface area contributed by atoms with Crippen molar-refractivity contribution in [1.82, 2.24) is 0 Å². The van der Waals surface area contributed by atoms with E-state index in [1.807, 2.05) is 13.8 Å². The minimum Gasteiger partial charge on any atom is -0.481 e. The summed E-state index contributed by atoms with van der Waals surface area (Å²) in [5.41, 5.74) is 0.0103. The molecule has 4 nitrogen and oxygen atoms in total. The van der Waals surface area contributed by atoms with E-state index in [1.54, 1.807) is 0 Å². The van der Waals surface area contributed by atoms with E-state index in [0.29, 0.717) is 0 Å². The Bertz CT molecular complexity index is 334. The summed E-state index contributed by atoms with van der Waals surface area (Å²) in [6.45, 7) is 9.69. The zero-order chi connectivity index (χ0) is 16.3. The van der Waals surface area contributed by atoms with Gasteiger partial charge in [-0.1, -0.05) is 59.5 Å². The third-order valence-corrected chi connectivity index (χ3v) is 3.50. The van der Waals surface area contributed by atoms with Gasteiger partial charge in [0.1, 0.15) is 6.10 Å². The van der Waals surface area contributed by atoms with E-state index >= 15 is 0 Å². The van der Waals surface area contributed by atoms with Crippen molar-refractivity contribution in [2.45, 2.75) is 78.2 Å². The van der Waals surface area contributed by atoms with E-state index in [1.165, 1.54) is 25.7 Å². The molecule has 1 unspecified atom stereocenters. The SMILES string of the molecule is C=C(CC(=O)O)C(=O)OC(CCCCCCCC)C(C)C. The van der Waals surface area contributed by atoms with E-state index in [2.05, 4.69) is 13.5 Å². The fraction of sp³-hybridized carbons (Fsp3) is 0.765. The number of unbranched alkanes of at least 4 members (excludes halogenated alkanes) is 5. The molecule has 0 aromatic heterocycles. The summed E-state index contributed by atoms with van der Waals surface area (Å²) >= 11 is 0. The second-order valence-corrected chi connectivity index (χ2v) is 5.92. The highest BCUT2D eigenvalue weighted by molar-refractivity contribution is 5.92. The van der Waals surface area contributed by atoms with Gasteiger partial charge < -0.3 is 9.84 Å². The van der Waals surface area contributed by atoms with Crippen LogP contribution in [0.15, 0.2) is 12.2 Å². The van der Waals surface area contributed by atoms with Gasteiger partial charge in [-0.15, -0.1) is 0 Å². The molecule has 4 heteroatoms. The minimum atomic E-state index is -1.06. The minimum absolute atomic E-state index is 0.0103. The van der Waals surface area contributed by atoms with Crippen molar-refractivity contribution in [2.24, 2.45) is 5.92 Å². The maximum absolute atomic E-state index is 11.8. The number of carboxylic acid groups (broad SMARTS) is 1. The molecule has 0 rings (SSSR count). The lowest BCUT2D eigenvalue weighted by Gasteiger charge is -2.21. The number of carbonyl (C=O) groups is 2. The summed E-state index contributed by atoms with van der Waals surface area (Å²) in [5.74, 6) is -1.42. The highest BCUT2D eigenvalue weighted by Gasteiger charge is 2.20. The Kier molecular flexibility index (Phi) is 10.6. The lowest BCUT2D eigenvalue weighted by molar-refractivity contribution is -0.149. The number of rotatable bonds is 12. The van der Waals surface area contributed by atoms with E-state index in [-0.39, 0.29) is 24.0 Å². The van der Waals surface area contributed by atoms with Gasteiger partial charge in [0.15, 0.2) is 0 Å². The second-order valence-electron chi connectivity index (χ2n) is 5.92. The average Bonchev–Trinajstić information content (AvgIpc) is 2.39. The van der Waals surface area contributed by atoms with Crippen LogP contribution in [0, 0.1) is 5.92 Å². The molecule has 1 N–H and O–H groups in total. The molecule has 0 amide bonds. The average molecular weight is 298 g/mol. The van der Waals surface area contributed by atoms with Crippen LogP contribution in [0.3, 0.4) is 0 Å². The van der Waals surface area contributed by atoms with Gasteiger partial charge in [0.05, 0.1) is 6.42 Å². The molecule has 0 heterocycles. The van der Waals surface area contributed by atoms with Gasteiger partial charge in [-0.05, 0) is 18.8 Å². The molecule has 0 bridgehead atoms. The molecular weight excluding hydrogens is 268 g/mol. The molecule has 0 aliphatic carbocycles. The molecule has 0 aromatic carbocycles. The number of aliphatic carboxylic acids is 1. The van der Waals surface area contributed by atoms with Crippen molar-refractivity contribution >= 4 is 11.9 Å². The Morgan fingerprint density at radius 3 is 2.19 bits per heavy atom. The predicted octanol–water partition coefficient (Wildman–Crippen LogP) is 4.34. The first-order chi connectivity index (χ1) is 9.88. The molecule has 1 atom stereocenters. The van der Waals surface area contributed by atoms with Crippen molar-refractivity contribution in [3.63, 3.8) is 0 Å². The Hall–Kier alpha value is -1.32. The monoisotopic (exact) mass is 298 g/mol. The quantitative estimate of drug-likeness (QED) is 0.331. The predicted molar refractivity (Wildman–Crippen MR) is 84.1 cm³/mol. The highest BCUT2D eigenvalue weighted by atomic mass is 16.5. The fourth-order valence-electron chi connectivity index (χ4n) is 2.13. The zero-order valence-corrected chi connectivity index (χ0v) is 13.7. The van der Waals surface area contributed by atoms with Crippen LogP contribution in [0.1, 0.15) is 72.1 Å². The van der Waals surface area contributed by atoms with E-state index < -0.39 is 11.9 Å². The fourth-order valence-corrected chi connectivity index (χ4v) is 2.13. The van der Waals surface area contributed by atoms with Crippen LogP contribution in [0.25, 0.3) is 0 Å². The zero-order valence-electron chi connectivity index (χ0n) is 13.7. The molecule has 0 saturated heterocycles. The Morgan fingerprint density at radius 1 is 1.10 bits per heavy atom. The van der Waals surface area contributed by atoms with E-state index in [4.69, 9.17) is 9.84 Å². The van der Waals surface area contributed by atoms with Crippen LogP contribution in [-0.2, 0) is 14.3 Å². The first-order valence-corrected chi connectivity index (χ1v) is 7.99. The summed E-state index contributed by atoms with van der Waals surface area (Å²) in [4.78, 5) is 22.3. The molecule has 122 valence electrons. The number of carboxylic acids is 1. The molecule has 0 fully saturated rings. The third-order valence-electron chi connectivity index (χ3n) is 3.50. The summed E-state index contributed by atoms with van der Waals surface area (Å²) in [5, 5.41) is 8.65. The van der Waals surface area contributed by atoms with Gasteiger partial charge in [0.25, 0.3) is 0 Å². The van der Waals surface area contributed by atoms with Crippen molar-refractivity contribution in [3.8, 4) is 0 Å². The number of carbonyl (C=O) groups excluding carboxylic acids is 1. The Labute approximate surface area is 128 Å². The number of hydrogen-bond acceptors (Lipinski definition) is 3. The molecule has 0 aliphatic heterocycles. The maximum atomic E-state index is 11.8. The number of esters is 1. The Morgan fingerprint density at radius 2 is 1.67 bits per heavy atom. The van der Waals surface area contributed by atoms with Crippen LogP contribution in [-0.4, -0.2) is 23.1 Å². The van der Waals surface area contributed by atoms with Gasteiger partial charge in [-0.25, -0.2) is 4.79 Å². The van der Waals surface area contributed by atoms with Gasteiger partial charge >= 0.3 is 11.9 Å². The lowest BCUT2D eigenvalue weighted by Crippen LogP contribution is -2.25. The van der Waals surface area contributed by atoms with Crippen LogP contribution in [0.5, 0.6) is 0 Å². The van der Waals surface area contributed by atoms with Gasteiger partial charge in [-0.3, -0.25) is 4.79 Å². The normalized spacial score (nSPS) is 12.2. The number of hydrogen-bond donors (Lipinski definition) is 1. The largest absolute Gasteiger partial charge is 0.481 e. The van der Waals surface area contributed by atoms with Gasteiger partial charge in [0, 0.05) is 5.57 Å². The second kappa shape index (κ2) is 11.4. The van der Waals surface area contributed by atoms with Crippen LogP contribution in [0.2, 0.25) is 0 Å². The van der Waals surface area contributed by atoms with Crippen LogP contribution in [0.4, 0.5) is 0 Å². The van der Waals surface area contributed by atoms with Crippen LogP contribution < -0.4 is 0 Å². The van der Waals surface area contributed by atoms with Gasteiger partial charge in [-0.2, -0.15) is 0 Å². The highest BCUT2D eigenvalue weighted by Crippen LogP contribution is 2.18. The molecule has 0 saturated carbocycles. The molecule has 0 radical (unpaired) electrons. The summed E-state index contributed by atoms with van der Waals surface area (Å²) in [6, 6.07) is 0. The van der Waals surface area contributed by atoms with Crippen LogP contribution >= 0.6 is 0 Å².